The number of aliphatic imine (C=N–C) groups is 1. The van der Waals surface area contributed by atoms with Gasteiger partial charge >= 0.3 is 0 Å². The van der Waals surface area contributed by atoms with E-state index < -0.39 is 0 Å². The van der Waals surface area contributed by atoms with Crippen molar-refractivity contribution < 1.29 is 9.21 Å². The van der Waals surface area contributed by atoms with Gasteiger partial charge in [-0.05, 0) is 52.3 Å². The molecule has 7 heteroatoms. The van der Waals surface area contributed by atoms with E-state index in [4.69, 9.17) is 4.42 Å². The Morgan fingerprint density at radius 1 is 1.41 bits per heavy atom. The van der Waals surface area contributed by atoms with Crippen LogP contribution in [0.2, 0.25) is 0 Å². The summed E-state index contributed by atoms with van der Waals surface area (Å²) in [5.41, 5.74) is 1.91. The highest BCUT2D eigenvalue weighted by molar-refractivity contribution is 14.1. The van der Waals surface area contributed by atoms with Gasteiger partial charge in [0.2, 0.25) is 0 Å². The number of benzene rings is 1. The second kappa shape index (κ2) is 6.59. The second-order valence-corrected chi connectivity index (χ2v) is 7.40. The zero-order valence-electron chi connectivity index (χ0n) is 11.4. The second-order valence-electron chi connectivity index (χ2n) is 4.54. The molecule has 2 aromatic rings. The molecule has 112 valence electrons. The van der Waals surface area contributed by atoms with Crippen LogP contribution in [0.5, 0.6) is 0 Å². The van der Waals surface area contributed by atoms with Gasteiger partial charge in [0.15, 0.2) is 8.93 Å². The summed E-state index contributed by atoms with van der Waals surface area (Å²) in [5, 5.41) is 3.35. The summed E-state index contributed by atoms with van der Waals surface area (Å²) in [6, 6.07) is 9.62. The molecule has 1 fully saturated rings. The Morgan fingerprint density at radius 3 is 2.86 bits per heavy atom. The van der Waals surface area contributed by atoms with Crippen molar-refractivity contribution in [1.29, 1.82) is 0 Å². The number of hydrogen-bond donors (Lipinski definition) is 1. The van der Waals surface area contributed by atoms with E-state index in [0.29, 0.717) is 15.8 Å². The van der Waals surface area contributed by atoms with Crippen LogP contribution in [0.15, 0.2) is 49.1 Å². The Balaban J connectivity index is 1.86. The summed E-state index contributed by atoms with van der Waals surface area (Å²) in [6.07, 6.45) is 1.72. The lowest BCUT2D eigenvalue weighted by Crippen LogP contribution is -2.19. The highest BCUT2D eigenvalue weighted by atomic mass is 127. The van der Waals surface area contributed by atoms with Crippen LogP contribution >= 0.6 is 50.3 Å². The number of amidine groups is 1. The molecule has 0 aliphatic carbocycles. The number of carbonyl (C=O) groups is 1. The molecule has 22 heavy (non-hydrogen) atoms. The summed E-state index contributed by atoms with van der Waals surface area (Å²) < 4.78 is 7.15. The standard InChI is InChI=1S/C15H10BrIN2O2S/c1-8-4-2-3-5-11(8)18-15-19-14(20)12(22-15)7-9-6-10(16)13(17)21-9/h2-7H,1H3,(H,18,19,20)/b12-7-. The molecule has 0 atom stereocenters. The number of amides is 1. The number of thioether (sulfide) groups is 1. The number of nitrogens with zero attached hydrogens (tertiary/aromatic N) is 1. The van der Waals surface area contributed by atoms with Gasteiger partial charge in [-0.1, -0.05) is 18.2 Å². The molecular weight excluding hydrogens is 479 g/mol. The molecule has 1 aromatic heterocycles. The SMILES string of the molecule is Cc1ccccc1N=C1NC(=O)/C(=C/c2cc(Br)c(I)o2)S1. The summed E-state index contributed by atoms with van der Waals surface area (Å²) in [7, 11) is 0. The lowest BCUT2D eigenvalue weighted by atomic mass is 10.2. The first-order chi connectivity index (χ1) is 10.5. The van der Waals surface area contributed by atoms with Gasteiger partial charge in [-0.2, -0.15) is 0 Å². The summed E-state index contributed by atoms with van der Waals surface area (Å²) in [5.74, 6) is 0.464. The van der Waals surface area contributed by atoms with E-state index in [1.165, 1.54) is 11.8 Å². The Kier molecular flexibility index (Phi) is 4.74. The van der Waals surface area contributed by atoms with Crippen molar-refractivity contribution in [2.24, 2.45) is 4.99 Å². The Hall–Kier alpha value is -1.06. The van der Waals surface area contributed by atoms with E-state index in [1.54, 1.807) is 6.08 Å². The van der Waals surface area contributed by atoms with Crippen LogP contribution in [-0.4, -0.2) is 11.1 Å². The summed E-state index contributed by atoms with van der Waals surface area (Å²) in [6.45, 7) is 1.99. The Labute approximate surface area is 153 Å². The minimum atomic E-state index is -0.167. The fourth-order valence-corrected chi connectivity index (χ4v) is 3.37. The van der Waals surface area contributed by atoms with E-state index >= 15 is 0 Å². The lowest BCUT2D eigenvalue weighted by Gasteiger charge is -1.99. The molecule has 4 nitrogen and oxygen atoms in total. The van der Waals surface area contributed by atoms with Gasteiger partial charge in [0.05, 0.1) is 15.1 Å². The maximum absolute atomic E-state index is 12.0. The largest absolute Gasteiger partial charge is 0.450 e. The number of carbonyl (C=O) groups excluding carboxylic acids is 1. The molecule has 1 aliphatic rings. The molecule has 1 aromatic carbocycles. The number of hydrogen-bond acceptors (Lipinski definition) is 4. The van der Waals surface area contributed by atoms with E-state index in [9.17, 15) is 4.79 Å². The first-order valence-corrected chi connectivity index (χ1v) is 9.02. The lowest BCUT2D eigenvalue weighted by molar-refractivity contribution is -0.115. The molecule has 3 rings (SSSR count). The predicted octanol–water partition coefficient (Wildman–Crippen LogP) is 4.85. The maximum Gasteiger partial charge on any atom is 0.264 e. The number of para-hydroxylation sites is 1. The number of furan rings is 1. The van der Waals surface area contributed by atoms with Crippen LogP contribution < -0.4 is 5.32 Å². The summed E-state index contributed by atoms with van der Waals surface area (Å²) in [4.78, 5) is 17.1. The third-order valence-electron chi connectivity index (χ3n) is 2.93. The minimum Gasteiger partial charge on any atom is -0.450 e. The van der Waals surface area contributed by atoms with Gasteiger partial charge in [0.1, 0.15) is 5.76 Å². The highest BCUT2D eigenvalue weighted by Crippen LogP contribution is 2.31. The van der Waals surface area contributed by atoms with Crippen LogP contribution in [0.1, 0.15) is 11.3 Å². The van der Waals surface area contributed by atoms with Crippen molar-refractivity contribution in [1.82, 2.24) is 5.32 Å². The monoisotopic (exact) mass is 488 g/mol. The van der Waals surface area contributed by atoms with Crippen molar-refractivity contribution in [3.8, 4) is 0 Å². The fourth-order valence-electron chi connectivity index (χ4n) is 1.84. The van der Waals surface area contributed by atoms with Crippen LogP contribution in [0, 0.1) is 10.7 Å². The molecule has 1 aliphatic heterocycles. The van der Waals surface area contributed by atoms with Crippen LogP contribution in [0.25, 0.3) is 6.08 Å². The molecule has 0 saturated carbocycles. The normalized spacial score (nSPS) is 18.2. The maximum atomic E-state index is 12.0. The quantitative estimate of drug-likeness (QED) is 0.485. The first kappa shape index (κ1) is 15.8. The first-order valence-electron chi connectivity index (χ1n) is 6.33. The van der Waals surface area contributed by atoms with Crippen molar-refractivity contribution in [3.05, 3.63) is 54.8 Å². The third kappa shape index (κ3) is 3.47. The summed E-state index contributed by atoms with van der Waals surface area (Å²) >= 11 is 6.77. The van der Waals surface area contributed by atoms with Gasteiger partial charge in [-0.15, -0.1) is 0 Å². The number of nitrogens with one attached hydrogen (secondary N) is 1. The predicted molar refractivity (Wildman–Crippen MR) is 101 cm³/mol. The van der Waals surface area contributed by atoms with Gasteiger partial charge in [-0.25, -0.2) is 4.99 Å². The van der Waals surface area contributed by atoms with Gasteiger partial charge in [0, 0.05) is 28.7 Å². The van der Waals surface area contributed by atoms with E-state index in [-0.39, 0.29) is 5.91 Å². The van der Waals surface area contributed by atoms with Crippen molar-refractivity contribution in [2.75, 3.05) is 0 Å². The number of rotatable bonds is 2. The average Bonchev–Trinajstić information content (AvgIpc) is 2.96. The molecule has 2 heterocycles. The molecule has 0 radical (unpaired) electrons. The molecule has 1 N–H and O–H groups in total. The smallest absolute Gasteiger partial charge is 0.264 e. The van der Waals surface area contributed by atoms with E-state index in [1.807, 2.05) is 37.3 Å². The van der Waals surface area contributed by atoms with Crippen LogP contribution in [-0.2, 0) is 4.79 Å². The zero-order chi connectivity index (χ0) is 15.7. The Bertz CT molecular complexity index is 794. The topological polar surface area (TPSA) is 54.6 Å². The van der Waals surface area contributed by atoms with Crippen molar-refractivity contribution >= 4 is 73.1 Å². The molecule has 1 saturated heterocycles. The molecule has 0 unspecified atom stereocenters. The van der Waals surface area contributed by atoms with E-state index in [2.05, 4.69) is 48.8 Å². The number of halogens is 2. The molecule has 0 spiro atoms. The highest BCUT2D eigenvalue weighted by Gasteiger charge is 2.24. The van der Waals surface area contributed by atoms with Crippen molar-refractivity contribution in [2.45, 2.75) is 6.92 Å². The van der Waals surface area contributed by atoms with E-state index in [0.717, 1.165) is 19.5 Å². The van der Waals surface area contributed by atoms with Crippen LogP contribution in [0.3, 0.4) is 0 Å². The van der Waals surface area contributed by atoms with Gasteiger partial charge in [0.25, 0.3) is 5.91 Å². The third-order valence-corrected chi connectivity index (χ3v) is 5.97. The Morgan fingerprint density at radius 2 is 2.18 bits per heavy atom. The molecule has 0 bridgehead atoms. The molecular formula is C15H10BrIN2O2S. The van der Waals surface area contributed by atoms with Gasteiger partial charge in [-0.3, -0.25) is 4.79 Å². The zero-order valence-corrected chi connectivity index (χ0v) is 16.0. The van der Waals surface area contributed by atoms with Gasteiger partial charge < -0.3 is 9.73 Å². The number of aryl methyl sites for hydroxylation is 1. The van der Waals surface area contributed by atoms with Crippen molar-refractivity contribution in [3.63, 3.8) is 0 Å². The average molecular weight is 489 g/mol. The minimum absolute atomic E-state index is 0.167. The fraction of sp³-hybridized carbons (Fsp3) is 0.0667. The molecule has 1 amide bonds. The van der Waals surface area contributed by atoms with Crippen LogP contribution in [0.4, 0.5) is 5.69 Å².